The van der Waals surface area contributed by atoms with E-state index in [1.54, 1.807) is 18.6 Å². The molecule has 2 heterocycles. The molecule has 1 fully saturated rings. The number of carbonyl (C=O) groups is 1. The summed E-state index contributed by atoms with van der Waals surface area (Å²) in [6, 6.07) is 1.93. The number of aryl methyl sites for hydroxylation is 1. The van der Waals surface area contributed by atoms with Gasteiger partial charge < -0.3 is 10.3 Å². The van der Waals surface area contributed by atoms with E-state index in [1.807, 2.05) is 6.07 Å². The van der Waals surface area contributed by atoms with Gasteiger partial charge in [0.1, 0.15) is 11.6 Å². The van der Waals surface area contributed by atoms with E-state index in [1.165, 1.54) is 0 Å². The smallest absolute Gasteiger partial charge is 0.228 e. The Kier molecular flexibility index (Phi) is 3.03. The predicted octanol–water partition coefficient (Wildman–Crippen LogP) is 2.38. The zero-order chi connectivity index (χ0) is 13.2. The van der Waals surface area contributed by atoms with Crippen molar-refractivity contribution in [1.29, 1.82) is 0 Å². The standard InChI is InChI=1S/C14H16N4O/c1-2-9-7-12(18-14(19)10-3-4-10)17-8-11(9)13-15-5-6-16-13/h5-8,10H,2-4H2,1H3,(H,15,16)(H,17,18,19). The zero-order valence-corrected chi connectivity index (χ0v) is 10.8. The quantitative estimate of drug-likeness (QED) is 0.882. The second-order valence-corrected chi connectivity index (χ2v) is 4.78. The molecule has 1 saturated carbocycles. The van der Waals surface area contributed by atoms with Crippen LogP contribution in [0.3, 0.4) is 0 Å². The number of aromatic amines is 1. The highest BCUT2D eigenvalue weighted by Gasteiger charge is 2.29. The molecule has 3 rings (SSSR count). The summed E-state index contributed by atoms with van der Waals surface area (Å²) in [7, 11) is 0. The van der Waals surface area contributed by atoms with Crippen LogP contribution < -0.4 is 5.32 Å². The van der Waals surface area contributed by atoms with E-state index in [2.05, 4.69) is 27.2 Å². The predicted molar refractivity (Wildman–Crippen MR) is 72.6 cm³/mol. The van der Waals surface area contributed by atoms with Gasteiger partial charge in [-0.1, -0.05) is 6.92 Å². The first-order chi connectivity index (χ1) is 9.28. The second-order valence-electron chi connectivity index (χ2n) is 4.78. The summed E-state index contributed by atoms with van der Waals surface area (Å²) in [5.74, 6) is 1.71. The third-order valence-electron chi connectivity index (χ3n) is 3.32. The average molecular weight is 256 g/mol. The molecule has 0 atom stereocenters. The zero-order valence-electron chi connectivity index (χ0n) is 10.8. The number of anilines is 1. The van der Waals surface area contributed by atoms with Gasteiger partial charge >= 0.3 is 0 Å². The summed E-state index contributed by atoms with van der Waals surface area (Å²) in [5, 5.41) is 2.87. The van der Waals surface area contributed by atoms with Gasteiger partial charge in [-0.3, -0.25) is 4.79 Å². The minimum Gasteiger partial charge on any atom is -0.345 e. The first-order valence-electron chi connectivity index (χ1n) is 6.57. The Morgan fingerprint density at radius 2 is 2.32 bits per heavy atom. The van der Waals surface area contributed by atoms with E-state index in [0.29, 0.717) is 5.82 Å². The lowest BCUT2D eigenvalue weighted by Gasteiger charge is -2.08. The largest absolute Gasteiger partial charge is 0.345 e. The van der Waals surface area contributed by atoms with E-state index < -0.39 is 0 Å². The molecular formula is C14H16N4O. The van der Waals surface area contributed by atoms with Crippen LogP contribution in [-0.4, -0.2) is 20.9 Å². The molecule has 1 aliphatic carbocycles. The Morgan fingerprint density at radius 1 is 1.47 bits per heavy atom. The molecule has 0 bridgehead atoms. The summed E-state index contributed by atoms with van der Waals surface area (Å²) in [5.41, 5.74) is 2.10. The molecule has 19 heavy (non-hydrogen) atoms. The number of nitrogens with one attached hydrogen (secondary N) is 2. The van der Waals surface area contributed by atoms with Crippen LogP contribution in [0.5, 0.6) is 0 Å². The number of imidazole rings is 1. The average Bonchev–Trinajstić information content (AvgIpc) is 3.15. The number of aromatic nitrogens is 3. The van der Waals surface area contributed by atoms with Gasteiger partial charge in [-0.25, -0.2) is 9.97 Å². The van der Waals surface area contributed by atoms with E-state index in [0.717, 1.165) is 36.2 Å². The molecule has 1 amide bonds. The van der Waals surface area contributed by atoms with E-state index >= 15 is 0 Å². The maximum absolute atomic E-state index is 11.7. The molecule has 98 valence electrons. The fourth-order valence-corrected chi connectivity index (χ4v) is 2.06. The van der Waals surface area contributed by atoms with Crippen LogP contribution in [0, 0.1) is 5.92 Å². The van der Waals surface area contributed by atoms with Crippen LogP contribution >= 0.6 is 0 Å². The Balaban J connectivity index is 1.86. The van der Waals surface area contributed by atoms with Crippen molar-refractivity contribution in [3.8, 4) is 11.4 Å². The van der Waals surface area contributed by atoms with E-state index in [4.69, 9.17) is 0 Å². The molecule has 0 aliphatic heterocycles. The molecule has 0 radical (unpaired) electrons. The van der Waals surface area contributed by atoms with Gasteiger partial charge in [0.05, 0.1) is 0 Å². The normalized spacial score (nSPS) is 14.4. The van der Waals surface area contributed by atoms with Crippen LogP contribution in [0.15, 0.2) is 24.7 Å². The maximum atomic E-state index is 11.7. The lowest BCUT2D eigenvalue weighted by molar-refractivity contribution is -0.117. The van der Waals surface area contributed by atoms with Gasteiger partial charge in [-0.05, 0) is 30.9 Å². The van der Waals surface area contributed by atoms with E-state index in [-0.39, 0.29) is 11.8 Å². The van der Waals surface area contributed by atoms with Crippen molar-refractivity contribution in [2.24, 2.45) is 5.92 Å². The summed E-state index contributed by atoms with van der Waals surface area (Å²) in [4.78, 5) is 23.3. The molecule has 2 aromatic rings. The van der Waals surface area contributed by atoms with Crippen LogP contribution in [-0.2, 0) is 11.2 Å². The lowest BCUT2D eigenvalue weighted by atomic mass is 10.1. The number of hydrogen-bond acceptors (Lipinski definition) is 3. The van der Waals surface area contributed by atoms with Crippen LogP contribution in [0.1, 0.15) is 25.3 Å². The van der Waals surface area contributed by atoms with Gasteiger partial charge in [0.25, 0.3) is 0 Å². The summed E-state index contributed by atoms with van der Waals surface area (Å²) >= 11 is 0. The Morgan fingerprint density at radius 3 is 2.95 bits per heavy atom. The molecular weight excluding hydrogens is 240 g/mol. The van der Waals surface area contributed by atoms with Crippen LogP contribution in [0.2, 0.25) is 0 Å². The molecule has 1 aliphatic rings. The summed E-state index contributed by atoms with van der Waals surface area (Å²) in [6.45, 7) is 2.08. The molecule has 0 aromatic carbocycles. The third kappa shape index (κ3) is 2.50. The van der Waals surface area contributed by atoms with Crippen molar-refractivity contribution in [1.82, 2.24) is 15.0 Å². The minimum atomic E-state index is 0.0836. The second kappa shape index (κ2) is 4.84. The molecule has 5 nitrogen and oxygen atoms in total. The maximum Gasteiger partial charge on any atom is 0.228 e. The highest BCUT2D eigenvalue weighted by Crippen LogP contribution is 2.30. The molecule has 2 aromatic heterocycles. The Labute approximate surface area is 111 Å². The SMILES string of the molecule is CCc1cc(NC(=O)C2CC2)ncc1-c1ncc[nH]1. The van der Waals surface area contributed by atoms with Crippen molar-refractivity contribution in [3.05, 3.63) is 30.2 Å². The van der Waals surface area contributed by atoms with E-state index in [9.17, 15) is 4.79 Å². The molecule has 2 N–H and O–H groups in total. The number of H-pyrrole nitrogens is 1. The first kappa shape index (κ1) is 11.9. The van der Waals surface area contributed by atoms with Gasteiger partial charge in [0, 0.05) is 30.1 Å². The van der Waals surface area contributed by atoms with Crippen molar-refractivity contribution >= 4 is 11.7 Å². The minimum absolute atomic E-state index is 0.0836. The summed E-state index contributed by atoms with van der Waals surface area (Å²) in [6.07, 6.45) is 8.13. The van der Waals surface area contributed by atoms with Crippen molar-refractivity contribution in [2.75, 3.05) is 5.32 Å². The lowest BCUT2D eigenvalue weighted by Crippen LogP contribution is -2.14. The number of carbonyl (C=O) groups excluding carboxylic acids is 1. The summed E-state index contributed by atoms with van der Waals surface area (Å²) < 4.78 is 0. The number of hydrogen-bond donors (Lipinski definition) is 2. The topological polar surface area (TPSA) is 70.7 Å². The highest BCUT2D eigenvalue weighted by molar-refractivity contribution is 5.93. The van der Waals surface area contributed by atoms with Gasteiger partial charge in [-0.15, -0.1) is 0 Å². The number of pyridine rings is 1. The van der Waals surface area contributed by atoms with Crippen LogP contribution in [0.25, 0.3) is 11.4 Å². The van der Waals surface area contributed by atoms with Crippen molar-refractivity contribution < 1.29 is 4.79 Å². The highest BCUT2D eigenvalue weighted by atomic mass is 16.2. The Hall–Kier alpha value is -2.17. The Bertz CT molecular complexity index is 587. The molecule has 0 unspecified atom stereocenters. The fraction of sp³-hybridized carbons (Fsp3) is 0.357. The number of rotatable bonds is 4. The molecule has 0 spiro atoms. The monoisotopic (exact) mass is 256 g/mol. The van der Waals surface area contributed by atoms with Crippen molar-refractivity contribution in [2.45, 2.75) is 26.2 Å². The molecule has 5 heteroatoms. The van der Waals surface area contributed by atoms with Gasteiger partial charge in [-0.2, -0.15) is 0 Å². The molecule has 0 saturated heterocycles. The number of nitrogens with zero attached hydrogens (tertiary/aromatic N) is 2. The number of amides is 1. The van der Waals surface area contributed by atoms with Gasteiger partial charge in [0.2, 0.25) is 5.91 Å². The van der Waals surface area contributed by atoms with Gasteiger partial charge in [0.15, 0.2) is 0 Å². The first-order valence-corrected chi connectivity index (χ1v) is 6.57. The fourth-order valence-electron chi connectivity index (χ4n) is 2.06. The third-order valence-corrected chi connectivity index (χ3v) is 3.32. The van der Waals surface area contributed by atoms with Crippen molar-refractivity contribution in [3.63, 3.8) is 0 Å². The van der Waals surface area contributed by atoms with Crippen LogP contribution in [0.4, 0.5) is 5.82 Å².